The normalized spacial score (nSPS) is 14.4. The maximum atomic E-state index is 12.5. The highest BCUT2D eigenvalue weighted by molar-refractivity contribution is 6.33. The highest BCUT2D eigenvalue weighted by Gasteiger charge is 2.30. The molecule has 0 radical (unpaired) electrons. The van der Waals surface area contributed by atoms with Gasteiger partial charge in [0.25, 0.3) is 0 Å². The molecule has 2 aromatic carbocycles. The third kappa shape index (κ3) is 6.31. The summed E-state index contributed by atoms with van der Waals surface area (Å²) in [5, 5.41) is 4.03. The Labute approximate surface area is 221 Å². The van der Waals surface area contributed by atoms with Crippen molar-refractivity contribution in [3.8, 4) is 11.3 Å². The molecule has 6 nitrogen and oxygen atoms in total. The van der Waals surface area contributed by atoms with Gasteiger partial charge >= 0.3 is 0 Å². The second-order valence-electron chi connectivity index (χ2n) is 9.73. The molecule has 1 saturated heterocycles. The predicted octanol–water partition coefficient (Wildman–Crippen LogP) is 6.60. The first-order chi connectivity index (χ1) is 17.1. The van der Waals surface area contributed by atoms with Crippen LogP contribution in [0.2, 0.25) is 10.0 Å². The largest absolute Gasteiger partial charge is 0.457 e. The molecule has 1 fully saturated rings. The van der Waals surface area contributed by atoms with Crippen molar-refractivity contribution in [1.82, 2.24) is 4.90 Å². The van der Waals surface area contributed by atoms with E-state index in [1.54, 1.807) is 30.3 Å². The van der Waals surface area contributed by atoms with E-state index in [4.69, 9.17) is 27.6 Å². The lowest BCUT2D eigenvalue weighted by Crippen LogP contribution is -2.51. The van der Waals surface area contributed by atoms with Crippen LogP contribution in [0.4, 0.5) is 11.4 Å². The number of halogens is 2. The van der Waals surface area contributed by atoms with Gasteiger partial charge in [-0.15, -0.1) is 0 Å². The van der Waals surface area contributed by atoms with E-state index in [0.29, 0.717) is 53.4 Å². The summed E-state index contributed by atoms with van der Waals surface area (Å²) in [7, 11) is 0. The summed E-state index contributed by atoms with van der Waals surface area (Å²) >= 11 is 12.5. The number of benzene rings is 2. The van der Waals surface area contributed by atoms with E-state index in [2.05, 4.69) is 10.2 Å². The quantitative estimate of drug-likeness (QED) is 0.381. The van der Waals surface area contributed by atoms with Crippen LogP contribution < -0.4 is 10.2 Å². The van der Waals surface area contributed by atoms with Crippen LogP contribution >= 0.6 is 23.2 Å². The Kier molecular flexibility index (Phi) is 7.76. The molecule has 0 spiro atoms. The zero-order valence-electron chi connectivity index (χ0n) is 20.6. The molecular weight excluding hydrogens is 497 g/mol. The average molecular weight is 526 g/mol. The lowest BCUT2D eigenvalue weighted by molar-refractivity contribution is -0.139. The molecular formula is C28H29Cl2N3O3. The van der Waals surface area contributed by atoms with Crippen LogP contribution in [0.25, 0.3) is 17.4 Å². The average Bonchev–Trinajstić information content (AvgIpc) is 3.32. The molecule has 8 heteroatoms. The number of carbonyl (C=O) groups is 2. The lowest BCUT2D eigenvalue weighted by Gasteiger charge is -2.39. The van der Waals surface area contributed by atoms with Crippen molar-refractivity contribution in [3.63, 3.8) is 0 Å². The molecule has 2 amide bonds. The molecule has 4 rings (SSSR count). The smallest absolute Gasteiger partial charge is 0.248 e. The zero-order chi connectivity index (χ0) is 25.9. The van der Waals surface area contributed by atoms with Gasteiger partial charge in [0.15, 0.2) is 0 Å². The van der Waals surface area contributed by atoms with Gasteiger partial charge in [-0.3, -0.25) is 9.59 Å². The summed E-state index contributed by atoms with van der Waals surface area (Å²) in [5.41, 5.74) is 2.00. The molecule has 0 aliphatic carbocycles. The molecule has 188 valence electrons. The fourth-order valence-electron chi connectivity index (χ4n) is 4.02. The summed E-state index contributed by atoms with van der Waals surface area (Å²) in [5.74, 6) is 1.12. The number of anilines is 2. The zero-order valence-corrected chi connectivity index (χ0v) is 22.1. The number of nitrogens with zero attached hydrogens (tertiary/aromatic N) is 2. The summed E-state index contributed by atoms with van der Waals surface area (Å²) in [4.78, 5) is 29.0. The monoisotopic (exact) mass is 525 g/mol. The van der Waals surface area contributed by atoms with Crippen molar-refractivity contribution in [3.05, 3.63) is 76.5 Å². The van der Waals surface area contributed by atoms with E-state index in [1.165, 1.54) is 6.08 Å². The summed E-state index contributed by atoms with van der Waals surface area (Å²) in [6.45, 7) is 8.54. The van der Waals surface area contributed by atoms with E-state index in [-0.39, 0.29) is 17.2 Å². The van der Waals surface area contributed by atoms with Gasteiger partial charge in [0.1, 0.15) is 11.5 Å². The van der Waals surface area contributed by atoms with Gasteiger partial charge in [-0.25, -0.2) is 0 Å². The summed E-state index contributed by atoms with van der Waals surface area (Å²) in [6, 6.07) is 16.5. The molecule has 0 atom stereocenters. The van der Waals surface area contributed by atoms with Crippen LogP contribution in [0.5, 0.6) is 0 Å². The van der Waals surface area contributed by atoms with Gasteiger partial charge in [0.2, 0.25) is 11.8 Å². The Morgan fingerprint density at radius 1 is 0.944 bits per heavy atom. The third-order valence-electron chi connectivity index (χ3n) is 5.92. The van der Waals surface area contributed by atoms with Gasteiger partial charge in [0.05, 0.1) is 10.7 Å². The van der Waals surface area contributed by atoms with Gasteiger partial charge in [-0.2, -0.15) is 0 Å². The molecule has 1 N–H and O–H groups in total. The Bertz CT molecular complexity index is 1270. The maximum absolute atomic E-state index is 12.5. The van der Waals surface area contributed by atoms with Crippen molar-refractivity contribution in [1.29, 1.82) is 0 Å². The van der Waals surface area contributed by atoms with Crippen molar-refractivity contribution >= 4 is 52.5 Å². The number of nitrogens with one attached hydrogen (secondary N) is 1. The SMILES string of the molecule is CC(C)(C)C(=O)N1CCN(c2ccc(NC(=O)/C=C/c3ccc(-c4ccc(Cl)cc4)o3)cc2Cl)CC1. The van der Waals surface area contributed by atoms with Crippen molar-refractivity contribution in [2.75, 3.05) is 36.4 Å². The first-order valence-corrected chi connectivity index (χ1v) is 12.5. The molecule has 36 heavy (non-hydrogen) atoms. The Morgan fingerprint density at radius 2 is 1.64 bits per heavy atom. The first-order valence-electron chi connectivity index (χ1n) is 11.8. The van der Waals surface area contributed by atoms with E-state index in [1.807, 2.05) is 56.0 Å². The Hall–Kier alpha value is -3.22. The fourth-order valence-corrected chi connectivity index (χ4v) is 4.45. The minimum Gasteiger partial charge on any atom is -0.457 e. The molecule has 1 aliphatic rings. The van der Waals surface area contributed by atoms with E-state index in [9.17, 15) is 9.59 Å². The molecule has 1 aliphatic heterocycles. The van der Waals surface area contributed by atoms with Gasteiger partial charge in [0, 0.05) is 53.9 Å². The van der Waals surface area contributed by atoms with Crippen LogP contribution in [0.3, 0.4) is 0 Å². The molecule has 3 aromatic rings. The topological polar surface area (TPSA) is 65.8 Å². The lowest BCUT2D eigenvalue weighted by atomic mass is 9.94. The highest BCUT2D eigenvalue weighted by atomic mass is 35.5. The van der Waals surface area contributed by atoms with Gasteiger partial charge in [-0.05, 0) is 60.7 Å². The number of hydrogen-bond acceptors (Lipinski definition) is 4. The van der Waals surface area contributed by atoms with E-state index < -0.39 is 0 Å². The molecule has 0 bridgehead atoms. The molecule has 1 aromatic heterocycles. The first kappa shape index (κ1) is 25.9. The van der Waals surface area contributed by atoms with E-state index >= 15 is 0 Å². The number of furan rings is 1. The Morgan fingerprint density at radius 3 is 2.28 bits per heavy atom. The third-order valence-corrected chi connectivity index (χ3v) is 6.47. The number of hydrogen-bond donors (Lipinski definition) is 1. The minimum absolute atomic E-state index is 0.162. The second kappa shape index (κ2) is 10.8. The number of carbonyl (C=O) groups excluding carboxylic acids is 2. The minimum atomic E-state index is -0.385. The van der Waals surface area contributed by atoms with Gasteiger partial charge < -0.3 is 19.5 Å². The van der Waals surface area contributed by atoms with Crippen LogP contribution in [-0.2, 0) is 9.59 Å². The van der Waals surface area contributed by atoms with Crippen LogP contribution in [-0.4, -0.2) is 42.9 Å². The maximum Gasteiger partial charge on any atom is 0.248 e. The number of piperazine rings is 1. The van der Waals surface area contributed by atoms with Crippen LogP contribution in [0.15, 0.2) is 65.1 Å². The van der Waals surface area contributed by atoms with Crippen molar-refractivity contribution in [2.24, 2.45) is 5.41 Å². The molecule has 2 heterocycles. The molecule has 0 unspecified atom stereocenters. The van der Waals surface area contributed by atoms with Crippen LogP contribution in [0.1, 0.15) is 26.5 Å². The summed E-state index contributed by atoms with van der Waals surface area (Å²) < 4.78 is 5.79. The van der Waals surface area contributed by atoms with E-state index in [0.717, 1.165) is 11.3 Å². The summed E-state index contributed by atoms with van der Waals surface area (Å²) in [6.07, 6.45) is 3.03. The second-order valence-corrected chi connectivity index (χ2v) is 10.6. The Balaban J connectivity index is 1.33. The number of rotatable bonds is 5. The molecule has 0 saturated carbocycles. The van der Waals surface area contributed by atoms with Crippen molar-refractivity contribution in [2.45, 2.75) is 20.8 Å². The van der Waals surface area contributed by atoms with Crippen LogP contribution in [0, 0.1) is 5.41 Å². The highest BCUT2D eigenvalue weighted by Crippen LogP contribution is 2.30. The fraction of sp³-hybridized carbons (Fsp3) is 0.286. The van der Waals surface area contributed by atoms with Crippen molar-refractivity contribution < 1.29 is 14.0 Å². The number of amides is 2. The standard InChI is InChI=1S/C28H29Cl2N3O3/c1-28(2,3)27(35)33-16-14-32(15-17-33)24-11-8-21(18-23(24)30)31-26(34)13-10-22-9-12-25(36-22)19-4-6-20(29)7-5-19/h4-13,18H,14-17H2,1-3H3,(H,31,34)/b13-10+. The van der Waals surface area contributed by atoms with Gasteiger partial charge in [-0.1, -0.05) is 44.0 Å². The predicted molar refractivity (Wildman–Crippen MR) is 147 cm³/mol.